The molecule has 454 valence electrons. The Balaban J connectivity index is 0.939. The van der Waals surface area contributed by atoms with Crippen molar-refractivity contribution in [3.05, 3.63) is 11.6 Å². The molecule has 4 aliphatic heterocycles. The molecule has 9 aliphatic rings. The van der Waals surface area contributed by atoms with Crippen LogP contribution in [0.15, 0.2) is 11.6 Å². The van der Waals surface area contributed by atoms with Crippen molar-refractivity contribution in [3.8, 4) is 0 Å². The van der Waals surface area contributed by atoms with Gasteiger partial charge in [0.25, 0.3) is 0 Å². The second-order valence-corrected chi connectivity index (χ2v) is 26.3. The standard InChI is InChI=1S/C54H88O25/c1-49(2)11-13-54(48(71)79-46-40(69)37(66)33(62)28(76-46)20-72-44-38(67)35(64)31(60)25(17-55)73-44)14-12-52(5)22(23(54)15-49)7-8-30-50(3)16-24(59)43(51(4,21-58)29(50)9-10-53(30,52)6)78-47-41(70)42(34(63)27(19-57)75-47)77-45-39(68)36(65)32(61)26(18-56)74-45/h7,23-47,55-70H,8-21H2,1-6H3/t23-,24-,25+,26+,27+,28+,29+,30+,31+,32+,33+,34+,35-,36-,37-,38+,39+,40+,41+,42-,43-,44+,45-,46-,47-,50-,51-,52+,53+,54-/m0/s1. The molecule has 0 radical (unpaired) electrons. The molecule has 0 aromatic heterocycles. The number of carbonyl (C=O) groups excluding carboxylic acids is 1. The normalized spacial score (nSPS) is 54.6. The minimum Gasteiger partial charge on any atom is -0.432 e. The summed E-state index contributed by atoms with van der Waals surface area (Å²) < 4.78 is 46.8. The molecule has 0 spiro atoms. The minimum atomic E-state index is -1.89. The largest absolute Gasteiger partial charge is 0.432 e. The summed E-state index contributed by atoms with van der Waals surface area (Å²) in [5, 5.41) is 172. The van der Waals surface area contributed by atoms with E-state index < -0.39 is 201 Å². The fraction of sp³-hybridized carbons (Fsp3) is 0.944. The smallest absolute Gasteiger partial charge is 0.315 e. The van der Waals surface area contributed by atoms with Crippen molar-refractivity contribution >= 4 is 5.97 Å². The fourth-order valence-electron chi connectivity index (χ4n) is 16.6. The van der Waals surface area contributed by atoms with E-state index in [0.717, 1.165) is 5.57 Å². The van der Waals surface area contributed by atoms with Gasteiger partial charge >= 0.3 is 5.97 Å². The number of ether oxygens (including phenoxy) is 8. The molecule has 4 saturated carbocycles. The van der Waals surface area contributed by atoms with E-state index in [1.54, 1.807) is 0 Å². The van der Waals surface area contributed by atoms with Gasteiger partial charge in [0, 0.05) is 5.41 Å². The number of fused-ring (bicyclic) bond motifs is 7. The molecule has 0 aromatic rings. The highest BCUT2D eigenvalue weighted by Crippen LogP contribution is 2.76. The first-order valence-corrected chi connectivity index (χ1v) is 28.1. The lowest BCUT2D eigenvalue weighted by molar-refractivity contribution is -0.375. The van der Waals surface area contributed by atoms with Gasteiger partial charge in [0.15, 0.2) is 18.9 Å². The van der Waals surface area contributed by atoms with E-state index in [1.165, 1.54) is 0 Å². The van der Waals surface area contributed by atoms with Gasteiger partial charge in [-0.25, -0.2) is 0 Å². The van der Waals surface area contributed by atoms with Crippen molar-refractivity contribution in [1.82, 2.24) is 0 Å². The summed E-state index contributed by atoms with van der Waals surface area (Å²) >= 11 is 0. The first kappa shape index (κ1) is 61.8. The molecule has 0 unspecified atom stereocenters. The zero-order valence-electron chi connectivity index (χ0n) is 45.7. The van der Waals surface area contributed by atoms with Crippen molar-refractivity contribution in [3.63, 3.8) is 0 Å². The quantitative estimate of drug-likeness (QED) is 0.0474. The van der Waals surface area contributed by atoms with Gasteiger partial charge in [0.1, 0.15) is 97.7 Å². The lowest BCUT2D eigenvalue weighted by Gasteiger charge is -2.72. The molecular formula is C54H88O25. The molecule has 0 amide bonds. The molecule has 16 N–H and O–H groups in total. The topological polar surface area (TPSA) is 415 Å². The van der Waals surface area contributed by atoms with E-state index >= 15 is 4.79 Å². The van der Waals surface area contributed by atoms with Crippen LogP contribution in [0.5, 0.6) is 0 Å². The molecule has 9 rings (SSSR count). The van der Waals surface area contributed by atoms with Gasteiger partial charge in [0.2, 0.25) is 6.29 Å². The van der Waals surface area contributed by atoms with Gasteiger partial charge in [-0.05, 0) is 97.2 Å². The second kappa shape index (κ2) is 22.6. The highest BCUT2D eigenvalue weighted by atomic mass is 16.8. The zero-order valence-corrected chi connectivity index (χ0v) is 45.7. The monoisotopic (exact) mass is 1140 g/mol. The van der Waals surface area contributed by atoms with Gasteiger partial charge in [0.05, 0.1) is 50.7 Å². The van der Waals surface area contributed by atoms with Gasteiger partial charge in [-0.1, -0.05) is 53.2 Å². The van der Waals surface area contributed by atoms with Crippen LogP contribution in [0.25, 0.3) is 0 Å². The van der Waals surface area contributed by atoms with Gasteiger partial charge < -0.3 is 120 Å². The maximum atomic E-state index is 15.1. The van der Waals surface area contributed by atoms with Crippen LogP contribution in [0.1, 0.15) is 99.3 Å². The van der Waals surface area contributed by atoms with E-state index in [9.17, 15) is 81.7 Å². The Morgan fingerprint density at radius 1 is 0.557 bits per heavy atom. The average Bonchev–Trinajstić information content (AvgIpc) is 3.59. The Morgan fingerprint density at radius 3 is 1.67 bits per heavy atom. The molecule has 0 bridgehead atoms. The summed E-state index contributed by atoms with van der Waals surface area (Å²) in [6, 6.07) is 0. The van der Waals surface area contributed by atoms with Crippen molar-refractivity contribution in [1.29, 1.82) is 0 Å². The maximum absolute atomic E-state index is 15.1. The lowest BCUT2D eigenvalue weighted by Crippen LogP contribution is -2.70. The highest BCUT2D eigenvalue weighted by Gasteiger charge is 2.72. The van der Waals surface area contributed by atoms with Crippen LogP contribution in [0.2, 0.25) is 0 Å². The summed E-state index contributed by atoms with van der Waals surface area (Å²) in [4.78, 5) is 15.1. The predicted molar refractivity (Wildman–Crippen MR) is 266 cm³/mol. The van der Waals surface area contributed by atoms with Gasteiger partial charge in [-0.2, -0.15) is 0 Å². The van der Waals surface area contributed by atoms with Crippen LogP contribution in [0.3, 0.4) is 0 Å². The zero-order chi connectivity index (χ0) is 57.9. The molecule has 30 atom stereocenters. The van der Waals surface area contributed by atoms with E-state index in [-0.39, 0.29) is 29.6 Å². The van der Waals surface area contributed by atoms with E-state index in [1.807, 2.05) is 6.92 Å². The molecule has 4 saturated heterocycles. The van der Waals surface area contributed by atoms with Crippen LogP contribution >= 0.6 is 0 Å². The molecule has 5 aliphatic carbocycles. The Kier molecular flexibility index (Phi) is 17.7. The summed E-state index contributed by atoms with van der Waals surface area (Å²) in [6.45, 7) is 9.49. The van der Waals surface area contributed by atoms with Crippen molar-refractivity contribution in [2.24, 2.45) is 50.2 Å². The average molecular weight is 1140 g/mol. The second-order valence-electron chi connectivity index (χ2n) is 26.3. The minimum absolute atomic E-state index is 0.0763. The van der Waals surface area contributed by atoms with Gasteiger partial charge in [-0.15, -0.1) is 0 Å². The van der Waals surface area contributed by atoms with Crippen LogP contribution < -0.4 is 0 Å². The van der Waals surface area contributed by atoms with E-state index in [4.69, 9.17) is 37.9 Å². The van der Waals surface area contributed by atoms with Crippen molar-refractivity contribution < 1.29 is 124 Å². The Morgan fingerprint density at radius 2 is 1.08 bits per heavy atom. The SMILES string of the molecule is CC1(C)CC[C@]2(C(=O)O[C@@H]3O[C@H](CO[C@@H]4O[C@H](CO)[C@@H](O)[C@H](O)[C@H]4O)[C@@H](O)[C@H](O)[C@H]3O)CC[C@]3(C)C(=CC[C@@H]4[C@@]5(C)C[C@H](O)[C@H](O[C@@H]6O[C@H](CO)[C@@H](O)[C@H](O[C@@H]7O[C@H](CO)[C@@H](O)[C@H](O)[C@H]7O)[C@H]6O)[C@@](C)(CO)[C@@H]5CC[C@]43C)[C@@H]2C1. The third-order valence-electron chi connectivity index (χ3n) is 21.5. The number of carbonyl (C=O) groups is 1. The molecule has 0 aromatic carbocycles. The molecule has 8 fully saturated rings. The van der Waals surface area contributed by atoms with Crippen molar-refractivity contribution in [2.75, 3.05) is 33.0 Å². The molecule has 79 heavy (non-hydrogen) atoms. The highest BCUT2D eigenvalue weighted by molar-refractivity contribution is 5.79. The van der Waals surface area contributed by atoms with Crippen LogP contribution in [-0.2, 0) is 42.7 Å². The fourth-order valence-corrected chi connectivity index (χ4v) is 16.6. The summed E-state index contributed by atoms with van der Waals surface area (Å²) in [5.74, 6) is -1.34. The summed E-state index contributed by atoms with van der Waals surface area (Å²) in [6.07, 6.45) is -29.3. The number of hydrogen-bond donors (Lipinski definition) is 16. The first-order valence-electron chi connectivity index (χ1n) is 28.1. The number of allylic oxidation sites excluding steroid dienone is 2. The Labute approximate surface area is 458 Å². The predicted octanol–water partition coefficient (Wildman–Crippen LogP) is -4.09. The van der Waals surface area contributed by atoms with Crippen molar-refractivity contribution in [2.45, 2.75) is 234 Å². The van der Waals surface area contributed by atoms with Crippen LogP contribution in [0.4, 0.5) is 0 Å². The molecule has 25 heteroatoms. The third kappa shape index (κ3) is 10.1. The lowest BCUT2D eigenvalue weighted by atomic mass is 9.33. The van der Waals surface area contributed by atoms with Crippen LogP contribution in [-0.4, -0.2) is 256 Å². The summed E-state index contributed by atoms with van der Waals surface area (Å²) in [7, 11) is 0. The van der Waals surface area contributed by atoms with E-state index in [0.29, 0.717) is 51.4 Å². The molecule has 25 nitrogen and oxygen atoms in total. The summed E-state index contributed by atoms with van der Waals surface area (Å²) in [5.41, 5.74) is -2.92. The molecule has 4 heterocycles. The number of esters is 1. The maximum Gasteiger partial charge on any atom is 0.315 e. The number of aliphatic hydroxyl groups is 16. The van der Waals surface area contributed by atoms with Crippen LogP contribution in [0, 0.1) is 50.2 Å². The first-order chi connectivity index (χ1) is 37.0. The number of hydrogen-bond acceptors (Lipinski definition) is 25. The third-order valence-corrected chi connectivity index (χ3v) is 21.5. The number of rotatable bonds is 13. The molecular weight excluding hydrogens is 1050 g/mol. The number of aliphatic hydroxyl groups excluding tert-OH is 16. The van der Waals surface area contributed by atoms with E-state index in [2.05, 4.69) is 40.7 Å². The Hall–Kier alpha value is -1.71. The van der Waals surface area contributed by atoms with Gasteiger partial charge in [-0.3, -0.25) is 4.79 Å². The Bertz CT molecular complexity index is 2170.